The van der Waals surface area contributed by atoms with Gasteiger partial charge < -0.3 is 9.84 Å². The maximum atomic E-state index is 11.7. The van der Waals surface area contributed by atoms with Crippen molar-refractivity contribution in [3.63, 3.8) is 0 Å². The molecule has 18 heavy (non-hydrogen) atoms. The van der Waals surface area contributed by atoms with E-state index >= 15 is 0 Å². The van der Waals surface area contributed by atoms with Crippen molar-refractivity contribution in [3.05, 3.63) is 30.4 Å². The zero-order valence-corrected chi connectivity index (χ0v) is 9.67. The van der Waals surface area contributed by atoms with Crippen LogP contribution >= 0.6 is 0 Å². The van der Waals surface area contributed by atoms with Crippen LogP contribution in [0, 0.1) is 5.92 Å². The number of nitrogens with zero attached hydrogens (tertiary/aromatic N) is 3. The van der Waals surface area contributed by atoms with Gasteiger partial charge in [-0.25, -0.2) is 0 Å². The maximum Gasteiger partial charge on any atom is 0.316 e. The van der Waals surface area contributed by atoms with Crippen LogP contribution in [0.1, 0.15) is 23.5 Å². The third-order valence-corrected chi connectivity index (χ3v) is 2.81. The van der Waals surface area contributed by atoms with E-state index in [1.807, 2.05) is 0 Å². The van der Waals surface area contributed by atoms with Crippen molar-refractivity contribution in [3.8, 4) is 11.4 Å². The number of nitrogens with one attached hydrogen (secondary N) is 1. The van der Waals surface area contributed by atoms with Gasteiger partial charge in [-0.15, -0.1) is 0 Å². The number of pyridine rings is 1. The number of rotatable bonds is 4. The number of carbonyl (C=O) groups is 1. The SMILES string of the molecule is O=C(NCC1CC1)c1nc(-c2ccncc2)no1. The summed E-state index contributed by atoms with van der Waals surface area (Å²) in [5.74, 6) is 0.711. The summed E-state index contributed by atoms with van der Waals surface area (Å²) in [6.45, 7) is 0.686. The Labute approximate surface area is 103 Å². The van der Waals surface area contributed by atoms with E-state index < -0.39 is 0 Å². The number of carbonyl (C=O) groups excluding carboxylic acids is 1. The van der Waals surface area contributed by atoms with E-state index in [4.69, 9.17) is 4.52 Å². The van der Waals surface area contributed by atoms with E-state index in [9.17, 15) is 4.79 Å². The molecule has 2 heterocycles. The smallest absolute Gasteiger partial charge is 0.316 e. The van der Waals surface area contributed by atoms with Crippen LogP contribution in [0.3, 0.4) is 0 Å². The Morgan fingerprint density at radius 2 is 2.17 bits per heavy atom. The third-order valence-electron chi connectivity index (χ3n) is 2.81. The Balaban J connectivity index is 1.70. The fourth-order valence-corrected chi connectivity index (χ4v) is 1.57. The molecule has 3 rings (SSSR count). The first-order chi connectivity index (χ1) is 8.83. The number of aromatic nitrogens is 3. The van der Waals surface area contributed by atoms with E-state index in [0.29, 0.717) is 18.3 Å². The quantitative estimate of drug-likeness (QED) is 0.875. The molecule has 1 N–H and O–H groups in total. The van der Waals surface area contributed by atoms with Gasteiger partial charge in [0.15, 0.2) is 0 Å². The lowest BCUT2D eigenvalue weighted by Crippen LogP contribution is -2.25. The Morgan fingerprint density at radius 1 is 1.39 bits per heavy atom. The molecule has 0 aliphatic heterocycles. The maximum absolute atomic E-state index is 11.7. The average Bonchev–Trinajstić information content (AvgIpc) is 3.11. The van der Waals surface area contributed by atoms with Gasteiger partial charge in [-0.1, -0.05) is 5.16 Å². The van der Waals surface area contributed by atoms with Gasteiger partial charge in [0.1, 0.15) is 0 Å². The topological polar surface area (TPSA) is 80.9 Å². The molecule has 1 fully saturated rings. The second-order valence-electron chi connectivity index (χ2n) is 4.31. The lowest BCUT2D eigenvalue weighted by atomic mass is 10.2. The van der Waals surface area contributed by atoms with Crippen LogP contribution in [-0.4, -0.2) is 27.6 Å². The van der Waals surface area contributed by atoms with Crippen LogP contribution in [0.5, 0.6) is 0 Å². The second kappa shape index (κ2) is 4.56. The van der Waals surface area contributed by atoms with E-state index in [0.717, 1.165) is 5.56 Å². The van der Waals surface area contributed by atoms with E-state index in [1.165, 1.54) is 12.8 Å². The minimum atomic E-state index is -0.310. The number of hydrogen-bond acceptors (Lipinski definition) is 5. The zero-order valence-electron chi connectivity index (χ0n) is 9.67. The van der Waals surface area contributed by atoms with Gasteiger partial charge in [0.05, 0.1) is 0 Å². The molecular weight excluding hydrogens is 232 g/mol. The highest BCUT2D eigenvalue weighted by Gasteiger charge is 2.23. The lowest BCUT2D eigenvalue weighted by molar-refractivity contribution is 0.0908. The summed E-state index contributed by atoms with van der Waals surface area (Å²) in [6.07, 6.45) is 5.65. The standard InChI is InChI=1S/C12H12N4O2/c17-11(14-7-8-1-2-8)12-15-10(16-18-12)9-3-5-13-6-4-9/h3-6,8H,1-2,7H2,(H,14,17). The molecule has 1 saturated carbocycles. The highest BCUT2D eigenvalue weighted by molar-refractivity contribution is 5.89. The molecule has 1 aliphatic carbocycles. The summed E-state index contributed by atoms with van der Waals surface area (Å²) in [7, 11) is 0. The molecule has 0 bridgehead atoms. The molecule has 0 radical (unpaired) electrons. The molecule has 1 amide bonds. The summed E-state index contributed by atoms with van der Waals surface area (Å²) in [6, 6.07) is 3.52. The molecule has 1 aliphatic rings. The largest absolute Gasteiger partial charge is 0.348 e. The van der Waals surface area contributed by atoms with Crippen molar-refractivity contribution < 1.29 is 9.32 Å². The van der Waals surface area contributed by atoms with Gasteiger partial charge in [0, 0.05) is 24.5 Å². The van der Waals surface area contributed by atoms with E-state index in [-0.39, 0.29) is 11.8 Å². The number of amides is 1. The van der Waals surface area contributed by atoms with Crippen LogP contribution in [0.2, 0.25) is 0 Å². The molecule has 6 nitrogen and oxygen atoms in total. The second-order valence-corrected chi connectivity index (χ2v) is 4.31. The Morgan fingerprint density at radius 3 is 2.89 bits per heavy atom. The van der Waals surface area contributed by atoms with Crippen LogP contribution in [0.15, 0.2) is 29.0 Å². The fraction of sp³-hybridized carbons (Fsp3) is 0.333. The minimum absolute atomic E-state index is 0.00228. The van der Waals surface area contributed by atoms with Crippen molar-refractivity contribution in [2.45, 2.75) is 12.8 Å². The van der Waals surface area contributed by atoms with Crippen molar-refractivity contribution in [2.75, 3.05) is 6.54 Å². The monoisotopic (exact) mass is 244 g/mol. The summed E-state index contributed by atoms with van der Waals surface area (Å²) < 4.78 is 4.94. The fourth-order valence-electron chi connectivity index (χ4n) is 1.57. The predicted molar refractivity (Wildman–Crippen MR) is 62.6 cm³/mol. The van der Waals surface area contributed by atoms with Gasteiger partial charge >= 0.3 is 11.8 Å². The molecule has 2 aromatic heterocycles. The summed E-state index contributed by atoms with van der Waals surface area (Å²) in [4.78, 5) is 19.7. The first-order valence-electron chi connectivity index (χ1n) is 5.85. The Kier molecular flexibility index (Phi) is 2.76. The summed E-state index contributed by atoms with van der Waals surface area (Å²) in [5.41, 5.74) is 0.773. The van der Waals surface area contributed by atoms with Crippen molar-refractivity contribution >= 4 is 5.91 Å². The zero-order chi connectivity index (χ0) is 12.4. The Hall–Kier alpha value is -2.24. The molecule has 0 unspecified atom stereocenters. The average molecular weight is 244 g/mol. The van der Waals surface area contributed by atoms with Gasteiger partial charge in [0.25, 0.3) is 0 Å². The molecule has 0 aromatic carbocycles. The normalized spacial score (nSPS) is 14.4. The third kappa shape index (κ3) is 2.37. The van der Waals surface area contributed by atoms with Gasteiger partial charge in [0.2, 0.25) is 5.82 Å². The molecule has 0 spiro atoms. The van der Waals surface area contributed by atoms with Crippen LogP contribution < -0.4 is 5.32 Å². The van der Waals surface area contributed by atoms with Crippen LogP contribution in [0.4, 0.5) is 0 Å². The van der Waals surface area contributed by atoms with Crippen LogP contribution in [-0.2, 0) is 0 Å². The molecule has 2 aromatic rings. The molecule has 0 atom stereocenters. The molecular formula is C12H12N4O2. The van der Waals surface area contributed by atoms with Gasteiger partial charge in [-0.3, -0.25) is 9.78 Å². The van der Waals surface area contributed by atoms with Crippen molar-refractivity contribution in [1.82, 2.24) is 20.4 Å². The first-order valence-corrected chi connectivity index (χ1v) is 5.85. The molecule has 92 valence electrons. The highest BCUT2D eigenvalue weighted by Crippen LogP contribution is 2.27. The first kappa shape index (κ1) is 10.9. The number of hydrogen-bond donors (Lipinski definition) is 1. The van der Waals surface area contributed by atoms with E-state index in [2.05, 4.69) is 20.4 Å². The Bertz CT molecular complexity index is 548. The van der Waals surface area contributed by atoms with Crippen molar-refractivity contribution in [2.24, 2.45) is 5.92 Å². The summed E-state index contributed by atoms with van der Waals surface area (Å²) >= 11 is 0. The highest BCUT2D eigenvalue weighted by atomic mass is 16.5. The van der Waals surface area contributed by atoms with Gasteiger partial charge in [-0.2, -0.15) is 4.98 Å². The molecule has 0 saturated heterocycles. The van der Waals surface area contributed by atoms with Crippen molar-refractivity contribution in [1.29, 1.82) is 0 Å². The van der Waals surface area contributed by atoms with E-state index in [1.54, 1.807) is 24.5 Å². The van der Waals surface area contributed by atoms with Crippen LogP contribution in [0.25, 0.3) is 11.4 Å². The predicted octanol–water partition coefficient (Wildman–Crippen LogP) is 1.27. The summed E-state index contributed by atoms with van der Waals surface area (Å²) in [5, 5.41) is 6.55. The lowest BCUT2D eigenvalue weighted by Gasteiger charge is -1.97. The molecule has 6 heteroatoms. The minimum Gasteiger partial charge on any atom is -0.348 e. The van der Waals surface area contributed by atoms with Gasteiger partial charge in [-0.05, 0) is 30.9 Å².